The number of nitrogens with one attached hydrogen (secondary N) is 2. The van der Waals surface area contributed by atoms with Crippen LogP contribution in [0.2, 0.25) is 0 Å². The molecule has 2 aliphatic heterocycles. The molecule has 1 unspecified atom stereocenters. The average molecular weight is 530 g/mol. The number of piperidine rings is 1. The lowest BCUT2D eigenvalue weighted by molar-refractivity contribution is -0.135. The van der Waals surface area contributed by atoms with E-state index in [1.165, 1.54) is 11.0 Å². The van der Waals surface area contributed by atoms with Crippen molar-refractivity contribution < 1.29 is 14.3 Å². The molecule has 3 heterocycles. The smallest absolute Gasteiger partial charge is 0.329 e. The lowest BCUT2D eigenvalue weighted by atomic mass is 10.1. The number of amides is 2. The van der Waals surface area contributed by atoms with E-state index in [4.69, 9.17) is 4.74 Å². The zero-order valence-electron chi connectivity index (χ0n) is 20.3. The van der Waals surface area contributed by atoms with Gasteiger partial charge in [-0.05, 0) is 56.3 Å². The second-order valence-corrected chi connectivity index (χ2v) is 9.02. The third-order valence-corrected chi connectivity index (χ3v) is 6.65. The summed E-state index contributed by atoms with van der Waals surface area (Å²) in [6.07, 6.45) is 4.64. The number of rotatable bonds is 10. The summed E-state index contributed by atoms with van der Waals surface area (Å²) in [7, 11) is 1.72. The zero-order chi connectivity index (χ0) is 23.2. The van der Waals surface area contributed by atoms with Crippen LogP contribution in [0.4, 0.5) is 0 Å². The number of aryl methyl sites for hydroxylation is 2. The number of halogens is 2. The van der Waals surface area contributed by atoms with Gasteiger partial charge in [0.1, 0.15) is 6.04 Å². The number of unbranched alkanes of at least 4 members (excludes halogenated alkanes) is 1. The Kier molecular flexibility index (Phi) is 11.7. The molecule has 1 atom stereocenters. The lowest BCUT2D eigenvalue weighted by Crippen LogP contribution is -2.44. The normalized spacial score (nSPS) is 18.7. The number of benzene rings is 1. The van der Waals surface area contributed by atoms with Crippen molar-refractivity contribution >= 4 is 47.7 Å². The molecule has 0 spiro atoms. The molecule has 196 valence electrons. The molecule has 1 aromatic heterocycles. The maximum absolute atomic E-state index is 12.8. The van der Waals surface area contributed by atoms with Gasteiger partial charge in [-0.1, -0.05) is 6.07 Å². The Morgan fingerprint density at radius 3 is 2.49 bits per heavy atom. The lowest BCUT2D eigenvalue weighted by Gasteiger charge is -2.26. The molecule has 2 aliphatic rings. The minimum Gasteiger partial charge on any atom is -0.381 e. The van der Waals surface area contributed by atoms with Gasteiger partial charge in [0.25, 0.3) is 0 Å². The summed E-state index contributed by atoms with van der Waals surface area (Å²) < 4.78 is 8.92. The van der Waals surface area contributed by atoms with E-state index in [0.29, 0.717) is 6.42 Å². The molecule has 0 saturated carbocycles. The highest BCUT2D eigenvalue weighted by molar-refractivity contribution is 6.00. The fourth-order valence-corrected chi connectivity index (χ4v) is 4.75. The van der Waals surface area contributed by atoms with Crippen LogP contribution >= 0.6 is 24.8 Å². The van der Waals surface area contributed by atoms with Crippen LogP contribution < -0.4 is 16.3 Å². The Balaban J connectivity index is 0.00000216. The van der Waals surface area contributed by atoms with Crippen LogP contribution in [0.5, 0.6) is 0 Å². The Labute approximate surface area is 218 Å². The number of ether oxygens (including phenoxy) is 1. The molecule has 0 bridgehead atoms. The third-order valence-electron chi connectivity index (χ3n) is 6.65. The molecular weight excluding hydrogens is 493 g/mol. The molecule has 4 rings (SSSR count). The molecule has 2 amide bonds. The van der Waals surface area contributed by atoms with Crippen molar-refractivity contribution in [3.63, 3.8) is 0 Å². The molecule has 0 radical (unpaired) electrons. The molecule has 2 fully saturated rings. The maximum atomic E-state index is 12.8. The number of hydrogen-bond donors (Lipinski definition) is 2. The Bertz CT molecular complexity index is 1050. The Morgan fingerprint density at radius 2 is 1.74 bits per heavy atom. The molecule has 0 aliphatic carbocycles. The summed E-state index contributed by atoms with van der Waals surface area (Å²) in [5, 5.41) is 5.72. The van der Waals surface area contributed by atoms with E-state index in [2.05, 4.69) is 15.5 Å². The van der Waals surface area contributed by atoms with Crippen molar-refractivity contribution in [1.82, 2.24) is 24.7 Å². The summed E-state index contributed by atoms with van der Waals surface area (Å²) in [6, 6.07) is 5.29. The number of carbonyl (C=O) groups excluding carboxylic acids is 2. The molecule has 9 nitrogen and oxygen atoms in total. The number of imide groups is 1. The van der Waals surface area contributed by atoms with Crippen LogP contribution in [0, 0.1) is 0 Å². The SMILES string of the molecule is Cl.Cl.Cn1c(=O)n(C2CCC(=O)NC2=O)c2ccc(CCCOCCCCN3CCNCC3)cc21. The van der Waals surface area contributed by atoms with Crippen LogP contribution in [0.3, 0.4) is 0 Å². The summed E-state index contributed by atoms with van der Waals surface area (Å²) in [4.78, 5) is 39.1. The van der Waals surface area contributed by atoms with Crippen LogP contribution in [-0.2, 0) is 27.8 Å². The number of aromatic nitrogens is 2. The maximum Gasteiger partial charge on any atom is 0.329 e. The van der Waals surface area contributed by atoms with Crippen molar-refractivity contribution in [2.45, 2.75) is 44.6 Å². The van der Waals surface area contributed by atoms with Crippen molar-refractivity contribution in [2.75, 3.05) is 45.9 Å². The molecule has 11 heteroatoms. The van der Waals surface area contributed by atoms with E-state index >= 15 is 0 Å². The predicted molar refractivity (Wildman–Crippen MR) is 141 cm³/mol. The number of nitrogens with zero attached hydrogens (tertiary/aromatic N) is 3. The quantitative estimate of drug-likeness (QED) is 0.359. The van der Waals surface area contributed by atoms with E-state index in [-0.39, 0.29) is 42.8 Å². The first-order valence-electron chi connectivity index (χ1n) is 12.1. The minimum absolute atomic E-state index is 0. The highest BCUT2D eigenvalue weighted by Gasteiger charge is 2.31. The van der Waals surface area contributed by atoms with Gasteiger partial charge in [0, 0.05) is 52.9 Å². The number of carbonyl (C=O) groups is 2. The van der Waals surface area contributed by atoms with Crippen LogP contribution in [0.15, 0.2) is 23.0 Å². The van der Waals surface area contributed by atoms with E-state index in [9.17, 15) is 14.4 Å². The summed E-state index contributed by atoms with van der Waals surface area (Å²) in [5.41, 5.74) is 2.43. The monoisotopic (exact) mass is 529 g/mol. The van der Waals surface area contributed by atoms with E-state index in [1.807, 2.05) is 18.2 Å². The van der Waals surface area contributed by atoms with Gasteiger partial charge in [0.2, 0.25) is 11.8 Å². The summed E-state index contributed by atoms with van der Waals surface area (Å²) in [6.45, 7) is 7.16. The van der Waals surface area contributed by atoms with Gasteiger partial charge in [0.05, 0.1) is 11.0 Å². The summed E-state index contributed by atoms with van der Waals surface area (Å²) in [5.74, 6) is -0.691. The van der Waals surface area contributed by atoms with Crippen molar-refractivity contribution in [1.29, 1.82) is 0 Å². The van der Waals surface area contributed by atoms with Crippen molar-refractivity contribution in [2.24, 2.45) is 7.05 Å². The van der Waals surface area contributed by atoms with Crippen molar-refractivity contribution in [3.8, 4) is 0 Å². The number of fused-ring (bicyclic) bond motifs is 1. The van der Waals surface area contributed by atoms with Crippen LogP contribution in [-0.4, -0.2) is 71.8 Å². The topological polar surface area (TPSA) is 97.6 Å². The van der Waals surface area contributed by atoms with Gasteiger partial charge >= 0.3 is 5.69 Å². The highest BCUT2D eigenvalue weighted by atomic mass is 35.5. The fraction of sp³-hybridized carbons (Fsp3) is 0.625. The van der Waals surface area contributed by atoms with Gasteiger partial charge < -0.3 is 15.0 Å². The van der Waals surface area contributed by atoms with Crippen molar-refractivity contribution in [3.05, 3.63) is 34.2 Å². The van der Waals surface area contributed by atoms with E-state index < -0.39 is 11.9 Å². The molecule has 2 aromatic rings. The largest absolute Gasteiger partial charge is 0.381 e. The second kappa shape index (κ2) is 14.0. The third kappa shape index (κ3) is 7.30. The van der Waals surface area contributed by atoms with Gasteiger partial charge in [-0.3, -0.25) is 24.0 Å². The molecule has 2 saturated heterocycles. The predicted octanol–water partition coefficient (Wildman–Crippen LogP) is 1.80. The Morgan fingerprint density at radius 1 is 1.00 bits per heavy atom. The highest BCUT2D eigenvalue weighted by Crippen LogP contribution is 2.24. The number of imidazole rings is 1. The average Bonchev–Trinajstić information content (AvgIpc) is 3.06. The molecule has 2 N–H and O–H groups in total. The van der Waals surface area contributed by atoms with Gasteiger partial charge in [0.15, 0.2) is 0 Å². The Hall–Kier alpha value is -1.91. The zero-order valence-corrected chi connectivity index (χ0v) is 21.9. The standard InChI is InChI=1S/C24H35N5O4.2ClH/c1-27-21-17-18(5-4-16-33-15-3-2-12-28-13-10-25-11-14-28)6-7-19(21)29(24(27)32)20-8-9-22(30)26-23(20)31;;/h6-7,17,20,25H,2-5,8-16H2,1H3,(H,26,30,31);2*1H. The number of piperazine rings is 1. The first-order chi connectivity index (χ1) is 16.0. The number of hydrogen-bond acceptors (Lipinski definition) is 6. The van der Waals surface area contributed by atoms with Crippen LogP contribution in [0.1, 0.15) is 43.7 Å². The first kappa shape index (κ1) is 29.3. The second-order valence-electron chi connectivity index (χ2n) is 9.02. The molecule has 1 aromatic carbocycles. The first-order valence-corrected chi connectivity index (χ1v) is 12.1. The van der Waals surface area contributed by atoms with Gasteiger partial charge in [-0.25, -0.2) is 4.79 Å². The van der Waals surface area contributed by atoms with E-state index in [0.717, 1.165) is 81.8 Å². The fourth-order valence-electron chi connectivity index (χ4n) is 4.75. The minimum atomic E-state index is -0.648. The van der Waals surface area contributed by atoms with E-state index in [1.54, 1.807) is 11.6 Å². The molecular formula is C24H37Cl2N5O4. The van der Waals surface area contributed by atoms with Gasteiger partial charge in [-0.15, -0.1) is 24.8 Å². The van der Waals surface area contributed by atoms with Gasteiger partial charge in [-0.2, -0.15) is 0 Å². The summed E-state index contributed by atoms with van der Waals surface area (Å²) >= 11 is 0. The van der Waals surface area contributed by atoms with Crippen LogP contribution in [0.25, 0.3) is 11.0 Å². The molecule has 35 heavy (non-hydrogen) atoms.